The van der Waals surface area contributed by atoms with E-state index in [1.807, 2.05) is 30.3 Å². The molecule has 0 bridgehead atoms. The van der Waals surface area contributed by atoms with E-state index in [0.717, 1.165) is 5.56 Å². The number of halogens is 1. The van der Waals surface area contributed by atoms with Gasteiger partial charge in [0.15, 0.2) is 0 Å². The van der Waals surface area contributed by atoms with Crippen molar-refractivity contribution in [3.05, 3.63) is 108 Å². The molecule has 44 heavy (non-hydrogen) atoms. The maximum atomic E-state index is 14.5. The number of methoxy groups -OCH3 is 1. The van der Waals surface area contributed by atoms with Crippen molar-refractivity contribution in [3.8, 4) is 5.75 Å². The summed E-state index contributed by atoms with van der Waals surface area (Å²) in [5, 5.41) is -0.255. The van der Waals surface area contributed by atoms with Crippen LogP contribution in [0.4, 0.5) is 4.39 Å². The molecule has 0 unspecified atom stereocenters. The third-order valence-corrected chi connectivity index (χ3v) is 10.9. The molecule has 10 nitrogen and oxygen atoms in total. The van der Waals surface area contributed by atoms with Crippen molar-refractivity contribution in [1.82, 2.24) is 18.8 Å². The quantitative estimate of drug-likeness (QED) is 0.218. The number of hydrogen-bond acceptors (Lipinski definition) is 8. The van der Waals surface area contributed by atoms with Gasteiger partial charge in [-0.3, -0.25) is 4.90 Å². The molecule has 0 saturated carbocycles. The molecule has 2 heterocycles. The van der Waals surface area contributed by atoms with Crippen LogP contribution >= 0.6 is 0 Å². The van der Waals surface area contributed by atoms with E-state index >= 15 is 0 Å². The van der Waals surface area contributed by atoms with E-state index in [9.17, 15) is 21.2 Å². The van der Waals surface area contributed by atoms with Gasteiger partial charge in [-0.1, -0.05) is 48.5 Å². The minimum atomic E-state index is -4.12. The fourth-order valence-corrected chi connectivity index (χ4v) is 7.93. The number of nitrogens with zero attached hydrogens (tertiary/aromatic N) is 4. The Morgan fingerprint density at radius 3 is 2.30 bits per heavy atom. The molecule has 0 atom stereocenters. The number of ether oxygens (including phenoxy) is 2. The van der Waals surface area contributed by atoms with E-state index in [1.165, 1.54) is 52.5 Å². The molecule has 4 aromatic rings. The average molecular weight is 643 g/mol. The van der Waals surface area contributed by atoms with Gasteiger partial charge in [-0.2, -0.15) is 4.31 Å². The van der Waals surface area contributed by atoms with Crippen LogP contribution in [0.2, 0.25) is 0 Å². The summed E-state index contributed by atoms with van der Waals surface area (Å²) in [4.78, 5) is 6.49. The Hall–Kier alpha value is -3.62. The summed E-state index contributed by atoms with van der Waals surface area (Å²) in [5.74, 6) is -0.692. The zero-order valence-corrected chi connectivity index (χ0v) is 26.0. The number of hydrogen-bond donors (Lipinski definition) is 0. The van der Waals surface area contributed by atoms with Crippen LogP contribution in [0.25, 0.3) is 0 Å². The van der Waals surface area contributed by atoms with Crippen molar-refractivity contribution in [2.75, 3.05) is 46.5 Å². The van der Waals surface area contributed by atoms with Gasteiger partial charge < -0.3 is 14.0 Å². The van der Waals surface area contributed by atoms with Crippen LogP contribution in [-0.4, -0.2) is 82.1 Å². The lowest BCUT2D eigenvalue weighted by atomic mass is 10.2. The molecular weight excluding hydrogens is 607 g/mol. The molecule has 1 aromatic heterocycles. The maximum Gasteiger partial charge on any atom is 0.243 e. The third-order valence-electron chi connectivity index (χ3n) is 7.47. The first-order valence-corrected chi connectivity index (χ1v) is 17.3. The maximum absolute atomic E-state index is 14.5. The van der Waals surface area contributed by atoms with E-state index in [-0.39, 0.29) is 35.2 Å². The largest absolute Gasteiger partial charge is 0.497 e. The van der Waals surface area contributed by atoms with Gasteiger partial charge in [-0.05, 0) is 35.9 Å². The Morgan fingerprint density at radius 1 is 0.932 bits per heavy atom. The van der Waals surface area contributed by atoms with Crippen molar-refractivity contribution in [2.24, 2.45) is 0 Å². The van der Waals surface area contributed by atoms with E-state index < -0.39 is 31.4 Å². The lowest BCUT2D eigenvalue weighted by Crippen LogP contribution is -2.43. The lowest BCUT2D eigenvalue weighted by Gasteiger charge is -2.30. The average Bonchev–Trinajstić information content (AvgIpc) is 3.44. The highest BCUT2D eigenvalue weighted by Gasteiger charge is 2.30. The molecule has 0 amide bonds. The van der Waals surface area contributed by atoms with Crippen LogP contribution in [0.5, 0.6) is 5.75 Å². The van der Waals surface area contributed by atoms with Gasteiger partial charge in [0, 0.05) is 31.7 Å². The minimum Gasteiger partial charge on any atom is -0.497 e. The molecule has 3 aromatic carbocycles. The second kappa shape index (κ2) is 14.0. The van der Waals surface area contributed by atoms with E-state index in [0.29, 0.717) is 44.3 Å². The van der Waals surface area contributed by atoms with E-state index in [2.05, 4.69) is 9.88 Å². The first-order chi connectivity index (χ1) is 21.2. The second-order valence-electron chi connectivity index (χ2n) is 10.4. The summed E-state index contributed by atoms with van der Waals surface area (Å²) >= 11 is 0. The number of sulfone groups is 1. The number of morpholine rings is 1. The topological polar surface area (TPSA) is 111 Å². The number of benzene rings is 3. The monoisotopic (exact) mass is 642 g/mol. The number of sulfonamides is 1. The van der Waals surface area contributed by atoms with Gasteiger partial charge in [-0.15, -0.1) is 0 Å². The van der Waals surface area contributed by atoms with Crippen molar-refractivity contribution >= 4 is 19.9 Å². The highest BCUT2D eigenvalue weighted by Crippen LogP contribution is 2.25. The second-order valence-corrected chi connectivity index (χ2v) is 14.2. The third kappa shape index (κ3) is 7.53. The van der Waals surface area contributed by atoms with Gasteiger partial charge >= 0.3 is 0 Å². The lowest BCUT2D eigenvalue weighted by molar-refractivity contribution is 0.0361. The fourth-order valence-electron chi connectivity index (χ4n) is 5.03. The molecule has 5 rings (SSSR count). The SMILES string of the molecule is COc1ccc(S(=O)(=O)N(CCN2CCOCC2)Cc2cnc(S(=O)(=O)Cc3ccccc3F)n2Cc2ccccc2)cc1. The highest BCUT2D eigenvalue weighted by atomic mass is 32.2. The Labute approximate surface area is 257 Å². The van der Waals surface area contributed by atoms with Crippen molar-refractivity contribution in [3.63, 3.8) is 0 Å². The molecular formula is C31H35FN4O6S2. The molecule has 0 N–H and O–H groups in total. The Morgan fingerprint density at radius 2 is 1.61 bits per heavy atom. The molecule has 1 aliphatic heterocycles. The summed E-state index contributed by atoms with van der Waals surface area (Å²) in [6.45, 7) is 3.11. The summed E-state index contributed by atoms with van der Waals surface area (Å²) in [7, 11) is -6.63. The standard InChI is InChI=1S/C31H35FN4O6S2/c1-41-28-11-13-29(14-12-28)44(39,40)35(16-15-34-17-19-42-20-18-34)23-27-21-33-31(36(27)22-25-7-3-2-4-8-25)43(37,38)24-26-9-5-6-10-30(26)32/h2-14,21H,15-20,22-24H2,1H3. The fraction of sp³-hybridized carbons (Fsp3) is 0.323. The Kier molecular flexibility index (Phi) is 10.1. The van der Waals surface area contributed by atoms with Crippen molar-refractivity contribution in [2.45, 2.75) is 28.9 Å². The van der Waals surface area contributed by atoms with Crippen LogP contribution in [0.1, 0.15) is 16.8 Å². The van der Waals surface area contributed by atoms with E-state index in [4.69, 9.17) is 9.47 Å². The van der Waals surface area contributed by atoms with Crippen molar-refractivity contribution < 1.29 is 30.7 Å². The summed E-state index contributed by atoms with van der Waals surface area (Å²) in [6, 6.07) is 21.1. The molecule has 234 valence electrons. The number of aromatic nitrogens is 2. The highest BCUT2D eigenvalue weighted by molar-refractivity contribution is 7.90. The molecule has 0 spiro atoms. The first-order valence-electron chi connectivity index (χ1n) is 14.2. The van der Waals surface area contributed by atoms with Crippen LogP contribution in [0.3, 0.4) is 0 Å². The molecule has 13 heteroatoms. The summed E-state index contributed by atoms with van der Waals surface area (Å²) in [5.41, 5.74) is 1.21. The smallest absolute Gasteiger partial charge is 0.243 e. The number of rotatable bonds is 13. The summed E-state index contributed by atoms with van der Waals surface area (Å²) in [6.07, 6.45) is 1.39. The van der Waals surface area contributed by atoms with Crippen LogP contribution in [-0.2, 0) is 43.4 Å². The molecule has 0 radical (unpaired) electrons. The molecule has 1 aliphatic rings. The first kappa shape index (κ1) is 31.8. The predicted molar refractivity (Wildman–Crippen MR) is 163 cm³/mol. The predicted octanol–water partition coefficient (Wildman–Crippen LogP) is 3.58. The normalized spacial score (nSPS) is 14.6. The Balaban J connectivity index is 1.52. The molecule has 1 fully saturated rings. The van der Waals surface area contributed by atoms with Crippen LogP contribution in [0, 0.1) is 5.82 Å². The number of imidazole rings is 1. The zero-order valence-electron chi connectivity index (χ0n) is 24.4. The van der Waals surface area contributed by atoms with Crippen LogP contribution < -0.4 is 4.74 Å². The summed E-state index contributed by atoms with van der Waals surface area (Å²) < 4.78 is 83.3. The molecule has 1 saturated heterocycles. The van der Waals surface area contributed by atoms with E-state index in [1.54, 1.807) is 18.2 Å². The van der Waals surface area contributed by atoms with Crippen molar-refractivity contribution in [1.29, 1.82) is 0 Å². The Bertz CT molecular complexity index is 1760. The van der Waals surface area contributed by atoms with Gasteiger partial charge in [0.2, 0.25) is 25.0 Å². The molecule has 0 aliphatic carbocycles. The van der Waals surface area contributed by atoms with Gasteiger partial charge in [0.25, 0.3) is 0 Å². The van der Waals surface area contributed by atoms with Crippen LogP contribution in [0.15, 0.2) is 95.1 Å². The minimum absolute atomic E-state index is 0.0255. The zero-order chi connectivity index (χ0) is 31.2. The van der Waals surface area contributed by atoms with Gasteiger partial charge in [0.05, 0.1) is 56.0 Å². The van der Waals surface area contributed by atoms with Gasteiger partial charge in [-0.25, -0.2) is 26.2 Å². The van der Waals surface area contributed by atoms with Gasteiger partial charge in [0.1, 0.15) is 11.6 Å².